The zero-order valence-electron chi connectivity index (χ0n) is 14.9. The van der Waals surface area contributed by atoms with Gasteiger partial charge in [0.2, 0.25) is 0 Å². The molecular weight excluding hydrogens is 268 g/mol. The molecule has 1 heteroatoms. The first-order chi connectivity index (χ1) is 10.7. The molecule has 3 saturated carbocycles. The van der Waals surface area contributed by atoms with Crippen molar-refractivity contribution in [2.75, 3.05) is 0 Å². The van der Waals surface area contributed by atoms with E-state index >= 15 is 0 Å². The molecule has 3 rings (SSSR count). The van der Waals surface area contributed by atoms with Crippen LogP contribution >= 0.6 is 0 Å². The Morgan fingerprint density at radius 2 is 1.18 bits per heavy atom. The standard InChI is InChI=1S/C21H36O/c1-3-16-5-8-17(9-6-16)18-10-12-19(13-11-18)20-7-4-15(2)21(22)14-20/h15-20H,3-14H2,1-2H3/t15-,16?,17?,18?,19?,20-/m0/s1. The minimum Gasteiger partial charge on any atom is -0.299 e. The molecule has 0 unspecified atom stereocenters. The van der Waals surface area contributed by atoms with Gasteiger partial charge in [0.15, 0.2) is 0 Å². The number of hydrogen-bond acceptors (Lipinski definition) is 1. The first kappa shape index (κ1) is 16.5. The van der Waals surface area contributed by atoms with Gasteiger partial charge in [-0.3, -0.25) is 4.79 Å². The van der Waals surface area contributed by atoms with Crippen molar-refractivity contribution in [3.63, 3.8) is 0 Å². The summed E-state index contributed by atoms with van der Waals surface area (Å²) in [6.07, 6.45) is 16.6. The van der Waals surface area contributed by atoms with Crippen LogP contribution in [-0.4, -0.2) is 5.78 Å². The van der Waals surface area contributed by atoms with Gasteiger partial charge in [0.05, 0.1) is 0 Å². The number of hydrogen-bond donors (Lipinski definition) is 0. The molecule has 0 spiro atoms. The average molecular weight is 305 g/mol. The van der Waals surface area contributed by atoms with Gasteiger partial charge in [-0.25, -0.2) is 0 Å². The van der Waals surface area contributed by atoms with Gasteiger partial charge >= 0.3 is 0 Å². The highest BCUT2D eigenvalue weighted by molar-refractivity contribution is 5.81. The van der Waals surface area contributed by atoms with Crippen LogP contribution in [0.5, 0.6) is 0 Å². The highest BCUT2D eigenvalue weighted by atomic mass is 16.1. The van der Waals surface area contributed by atoms with Crippen molar-refractivity contribution in [3.05, 3.63) is 0 Å². The lowest BCUT2D eigenvalue weighted by molar-refractivity contribution is -0.126. The summed E-state index contributed by atoms with van der Waals surface area (Å²) in [4.78, 5) is 12.0. The molecule has 3 fully saturated rings. The second-order valence-corrected chi connectivity index (χ2v) is 8.77. The van der Waals surface area contributed by atoms with E-state index in [1.807, 2.05) is 0 Å². The van der Waals surface area contributed by atoms with Gasteiger partial charge in [-0.1, -0.05) is 33.1 Å². The van der Waals surface area contributed by atoms with Gasteiger partial charge in [-0.05, 0) is 81.0 Å². The SMILES string of the molecule is CCC1CCC(C2CCC([C@H]3CC[C@H](C)C(=O)C3)CC2)CC1. The molecule has 0 aromatic rings. The van der Waals surface area contributed by atoms with E-state index in [0.29, 0.717) is 11.7 Å². The van der Waals surface area contributed by atoms with Crippen molar-refractivity contribution in [3.8, 4) is 0 Å². The van der Waals surface area contributed by atoms with E-state index in [4.69, 9.17) is 0 Å². The maximum Gasteiger partial charge on any atom is 0.135 e. The number of Topliss-reactive ketones (excluding diaryl/α,β-unsaturated/α-hetero) is 1. The molecule has 126 valence electrons. The Morgan fingerprint density at radius 3 is 1.68 bits per heavy atom. The van der Waals surface area contributed by atoms with Crippen molar-refractivity contribution in [2.45, 2.75) is 90.9 Å². The van der Waals surface area contributed by atoms with E-state index < -0.39 is 0 Å². The summed E-state index contributed by atoms with van der Waals surface area (Å²) in [5.74, 6) is 5.60. The molecule has 1 nitrogen and oxygen atoms in total. The van der Waals surface area contributed by atoms with E-state index in [0.717, 1.165) is 42.4 Å². The van der Waals surface area contributed by atoms with Crippen LogP contribution in [0.3, 0.4) is 0 Å². The Balaban J connectivity index is 1.44. The topological polar surface area (TPSA) is 17.1 Å². The predicted octanol–water partition coefficient (Wildman–Crippen LogP) is 6.01. The molecule has 0 aromatic carbocycles. The fourth-order valence-corrected chi connectivity index (χ4v) is 5.74. The molecule has 3 aliphatic rings. The molecule has 0 aliphatic heterocycles. The monoisotopic (exact) mass is 304 g/mol. The lowest BCUT2D eigenvalue weighted by atomic mass is 9.65. The van der Waals surface area contributed by atoms with Crippen molar-refractivity contribution < 1.29 is 4.79 Å². The van der Waals surface area contributed by atoms with Gasteiger partial charge in [0.1, 0.15) is 5.78 Å². The number of carbonyl (C=O) groups is 1. The molecule has 0 heterocycles. The van der Waals surface area contributed by atoms with Crippen LogP contribution in [0.1, 0.15) is 90.9 Å². The van der Waals surface area contributed by atoms with Crippen LogP contribution in [0.25, 0.3) is 0 Å². The largest absolute Gasteiger partial charge is 0.299 e. The molecule has 2 atom stereocenters. The van der Waals surface area contributed by atoms with Crippen LogP contribution in [0.15, 0.2) is 0 Å². The lowest BCUT2D eigenvalue weighted by Crippen LogP contribution is -2.32. The third-order valence-corrected chi connectivity index (χ3v) is 7.60. The smallest absolute Gasteiger partial charge is 0.135 e. The van der Waals surface area contributed by atoms with Crippen LogP contribution in [-0.2, 0) is 4.79 Å². The van der Waals surface area contributed by atoms with Crippen LogP contribution in [0.2, 0.25) is 0 Å². The van der Waals surface area contributed by atoms with Crippen molar-refractivity contribution in [1.29, 1.82) is 0 Å². The first-order valence-electron chi connectivity index (χ1n) is 10.2. The van der Waals surface area contributed by atoms with E-state index in [-0.39, 0.29) is 0 Å². The van der Waals surface area contributed by atoms with Crippen molar-refractivity contribution >= 4 is 5.78 Å². The Hall–Kier alpha value is -0.330. The molecule has 0 saturated heterocycles. The van der Waals surface area contributed by atoms with Gasteiger partial charge in [0, 0.05) is 12.3 Å². The molecule has 3 aliphatic carbocycles. The van der Waals surface area contributed by atoms with Crippen LogP contribution < -0.4 is 0 Å². The van der Waals surface area contributed by atoms with E-state index in [2.05, 4.69) is 13.8 Å². The maximum absolute atomic E-state index is 12.0. The molecule has 0 radical (unpaired) electrons. The number of rotatable bonds is 3. The van der Waals surface area contributed by atoms with Crippen molar-refractivity contribution in [1.82, 2.24) is 0 Å². The fraction of sp³-hybridized carbons (Fsp3) is 0.952. The van der Waals surface area contributed by atoms with Crippen LogP contribution in [0.4, 0.5) is 0 Å². The lowest BCUT2D eigenvalue weighted by Gasteiger charge is -2.40. The van der Waals surface area contributed by atoms with E-state index in [1.165, 1.54) is 64.2 Å². The molecule has 0 N–H and O–H groups in total. The minimum absolute atomic E-state index is 0.348. The minimum atomic E-state index is 0.348. The normalized spacial score (nSPS) is 44.0. The van der Waals surface area contributed by atoms with Gasteiger partial charge in [-0.2, -0.15) is 0 Å². The Bertz CT molecular complexity index is 358. The van der Waals surface area contributed by atoms with Crippen LogP contribution in [0, 0.1) is 35.5 Å². The fourth-order valence-electron chi connectivity index (χ4n) is 5.74. The second-order valence-electron chi connectivity index (χ2n) is 8.77. The summed E-state index contributed by atoms with van der Waals surface area (Å²) in [5.41, 5.74) is 0. The third kappa shape index (κ3) is 3.77. The Morgan fingerprint density at radius 1 is 0.727 bits per heavy atom. The van der Waals surface area contributed by atoms with Gasteiger partial charge < -0.3 is 0 Å². The molecule has 22 heavy (non-hydrogen) atoms. The number of ketones is 1. The quantitative estimate of drug-likeness (QED) is 0.623. The summed E-state index contributed by atoms with van der Waals surface area (Å²) in [6, 6.07) is 0. The summed E-state index contributed by atoms with van der Waals surface area (Å²) in [5, 5.41) is 0. The molecule has 0 bridgehead atoms. The Labute approximate surface area is 137 Å². The number of carbonyl (C=O) groups excluding carboxylic acids is 1. The average Bonchev–Trinajstić information content (AvgIpc) is 2.58. The zero-order valence-corrected chi connectivity index (χ0v) is 14.9. The zero-order chi connectivity index (χ0) is 15.5. The van der Waals surface area contributed by atoms with E-state index in [9.17, 15) is 4.79 Å². The molecule has 0 amide bonds. The highest BCUT2D eigenvalue weighted by Gasteiger charge is 2.35. The predicted molar refractivity (Wildman–Crippen MR) is 92.7 cm³/mol. The highest BCUT2D eigenvalue weighted by Crippen LogP contribution is 2.45. The summed E-state index contributed by atoms with van der Waals surface area (Å²) < 4.78 is 0. The maximum atomic E-state index is 12.0. The van der Waals surface area contributed by atoms with Crippen molar-refractivity contribution in [2.24, 2.45) is 35.5 Å². The first-order valence-corrected chi connectivity index (χ1v) is 10.2. The summed E-state index contributed by atoms with van der Waals surface area (Å²) in [6.45, 7) is 4.49. The second kappa shape index (κ2) is 7.49. The van der Waals surface area contributed by atoms with Gasteiger partial charge in [-0.15, -0.1) is 0 Å². The molecule has 0 aromatic heterocycles. The summed E-state index contributed by atoms with van der Waals surface area (Å²) >= 11 is 0. The van der Waals surface area contributed by atoms with Gasteiger partial charge in [0.25, 0.3) is 0 Å². The Kier molecular flexibility index (Phi) is 5.63. The summed E-state index contributed by atoms with van der Waals surface area (Å²) in [7, 11) is 0. The third-order valence-electron chi connectivity index (χ3n) is 7.60. The van der Waals surface area contributed by atoms with E-state index in [1.54, 1.807) is 0 Å². The molecular formula is C21H36O.